The fourth-order valence-electron chi connectivity index (χ4n) is 1.40. The second kappa shape index (κ2) is 8.85. The van der Waals surface area contributed by atoms with Gasteiger partial charge in [-0.1, -0.05) is 13.8 Å². The molecular formula is C12H23N3O5S. The van der Waals surface area contributed by atoms with Gasteiger partial charge in [-0.3, -0.25) is 9.59 Å². The van der Waals surface area contributed by atoms with Crippen LogP contribution in [0.4, 0.5) is 0 Å². The zero-order valence-corrected chi connectivity index (χ0v) is 13.1. The lowest BCUT2D eigenvalue weighted by molar-refractivity contribution is -0.142. The summed E-state index contributed by atoms with van der Waals surface area (Å²) in [5, 5.41) is 23.0. The monoisotopic (exact) mass is 321 g/mol. The van der Waals surface area contributed by atoms with Crippen LogP contribution in [-0.2, 0) is 14.4 Å². The van der Waals surface area contributed by atoms with Crippen molar-refractivity contribution in [2.75, 3.05) is 5.75 Å². The SMILES string of the molecule is CC(C)C(N)C(=O)NC(C(=O)NC(CS)C(=O)O)C(C)O. The number of nitrogens with one attached hydrogen (secondary N) is 2. The highest BCUT2D eigenvalue weighted by atomic mass is 32.1. The lowest BCUT2D eigenvalue weighted by atomic mass is 10.0. The minimum absolute atomic E-state index is 0.118. The molecule has 0 aromatic rings. The Morgan fingerprint density at radius 3 is 2.00 bits per heavy atom. The molecule has 2 amide bonds. The Kier molecular flexibility index (Phi) is 8.30. The first-order valence-corrected chi connectivity index (χ1v) is 7.13. The zero-order chi connectivity index (χ0) is 16.7. The van der Waals surface area contributed by atoms with Crippen LogP contribution in [0, 0.1) is 5.92 Å². The van der Waals surface area contributed by atoms with Crippen molar-refractivity contribution in [3.05, 3.63) is 0 Å². The molecule has 0 aliphatic rings. The number of carboxylic acids is 1. The van der Waals surface area contributed by atoms with Crippen LogP contribution in [0.2, 0.25) is 0 Å². The quantitative estimate of drug-likeness (QED) is 0.295. The van der Waals surface area contributed by atoms with Crippen LogP contribution in [0.3, 0.4) is 0 Å². The predicted molar refractivity (Wildman–Crippen MR) is 79.8 cm³/mol. The Hall–Kier alpha value is -1.32. The first kappa shape index (κ1) is 19.7. The van der Waals surface area contributed by atoms with Crippen molar-refractivity contribution in [2.45, 2.75) is 45.0 Å². The highest BCUT2D eigenvalue weighted by Crippen LogP contribution is 2.01. The van der Waals surface area contributed by atoms with Gasteiger partial charge in [0.05, 0.1) is 12.1 Å². The van der Waals surface area contributed by atoms with Crippen molar-refractivity contribution in [2.24, 2.45) is 11.7 Å². The van der Waals surface area contributed by atoms with E-state index in [0.29, 0.717) is 0 Å². The standard InChI is InChI=1S/C12H23N3O5S/c1-5(2)8(13)10(17)15-9(6(3)16)11(18)14-7(4-21)12(19)20/h5-9,16,21H,4,13H2,1-3H3,(H,14,18)(H,15,17)(H,19,20). The van der Waals surface area contributed by atoms with Crippen LogP contribution < -0.4 is 16.4 Å². The molecule has 9 heteroatoms. The molecule has 6 N–H and O–H groups in total. The van der Waals surface area contributed by atoms with Crippen molar-refractivity contribution in [3.63, 3.8) is 0 Å². The molecular weight excluding hydrogens is 298 g/mol. The van der Waals surface area contributed by atoms with Gasteiger partial charge in [-0.15, -0.1) is 0 Å². The Morgan fingerprint density at radius 1 is 1.14 bits per heavy atom. The average molecular weight is 321 g/mol. The second-order valence-electron chi connectivity index (χ2n) is 5.08. The Morgan fingerprint density at radius 2 is 1.67 bits per heavy atom. The summed E-state index contributed by atoms with van der Waals surface area (Å²) in [4.78, 5) is 34.6. The molecule has 0 aromatic heterocycles. The molecule has 0 radical (unpaired) electrons. The van der Waals surface area contributed by atoms with E-state index in [9.17, 15) is 19.5 Å². The fourth-order valence-corrected chi connectivity index (χ4v) is 1.65. The summed E-state index contributed by atoms with van der Waals surface area (Å²) in [7, 11) is 0. The molecule has 122 valence electrons. The van der Waals surface area contributed by atoms with Crippen molar-refractivity contribution in [3.8, 4) is 0 Å². The van der Waals surface area contributed by atoms with E-state index in [1.165, 1.54) is 6.92 Å². The van der Waals surface area contributed by atoms with Gasteiger partial charge < -0.3 is 26.6 Å². The van der Waals surface area contributed by atoms with Crippen LogP contribution in [0.25, 0.3) is 0 Å². The predicted octanol–water partition coefficient (Wildman–Crippen LogP) is -1.67. The normalized spacial score (nSPS) is 16.7. The smallest absolute Gasteiger partial charge is 0.327 e. The molecule has 0 aliphatic carbocycles. The Balaban J connectivity index is 4.87. The largest absolute Gasteiger partial charge is 0.480 e. The molecule has 0 saturated carbocycles. The van der Waals surface area contributed by atoms with Crippen molar-refractivity contribution in [1.82, 2.24) is 10.6 Å². The molecule has 0 aliphatic heterocycles. The van der Waals surface area contributed by atoms with Gasteiger partial charge in [0.2, 0.25) is 11.8 Å². The van der Waals surface area contributed by atoms with Crippen LogP contribution >= 0.6 is 12.6 Å². The third-order valence-corrected chi connectivity index (χ3v) is 3.25. The second-order valence-corrected chi connectivity index (χ2v) is 5.44. The van der Waals surface area contributed by atoms with E-state index in [1.807, 2.05) is 0 Å². The fraction of sp³-hybridized carbons (Fsp3) is 0.750. The maximum atomic E-state index is 12.0. The number of aliphatic hydroxyl groups is 1. The molecule has 0 saturated heterocycles. The highest BCUT2D eigenvalue weighted by molar-refractivity contribution is 7.80. The van der Waals surface area contributed by atoms with Gasteiger partial charge in [0, 0.05) is 5.75 Å². The van der Waals surface area contributed by atoms with Crippen molar-refractivity contribution >= 4 is 30.4 Å². The Labute approximate surface area is 128 Å². The number of thiol groups is 1. The molecule has 0 bridgehead atoms. The number of amides is 2. The summed E-state index contributed by atoms with van der Waals surface area (Å²) in [5.41, 5.74) is 5.65. The summed E-state index contributed by atoms with van der Waals surface area (Å²) >= 11 is 3.81. The van der Waals surface area contributed by atoms with E-state index in [4.69, 9.17) is 10.8 Å². The van der Waals surface area contributed by atoms with Gasteiger partial charge in [0.15, 0.2) is 0 Å². The van der Waals surface area contributed by atoms with Crippen molar-refractivity contribution in [1.29, 1.82) is 0 Å². The van der Waals surface area contributed by atoms with Crippen LogP contribution in [0.5, 0.6) is 0 Å². The topological polar surface area (TPSA) is 142 Å². The summed E-state index contributed by atoms with van der Waals surface area (Å²) in [6.45, 7) is 4.79. The van der Waals surface area contributed by atoms with Crippen LogP contribution in [0.1, 0.15) is 20.8 Å². The minimum atomic E-state index is -1.29. The number of carboxylic acid groups (broad SMARTS) is 1. The number of carbonyl (C=O) groups is 3. The van der Waals surface area contributed by atoms with Crippen molar-refractivity contribution < 1.29 is 24.6 Å². The van der Waals surface area contributed by atoms with Gasteiger partial charge in [-0.25, -0.2) is 4.79 Å². The Bertz CT molecular complexity index is 389. The summed E-state index contributed by atoms with van der Waals surface area (Å²) in [5.74, 6) is -2.92. The van der Waals surface area contributed by atoms with Gasteiger partial charge >= 0.3 is 5.97 Å². The molecule has 21 heavy (non-hydrogen) atoms. The van der Waals surface area contributed by atoms with Gasteiger partial charge in [0.25, 0.3) is 0 Å². The molecule has 0 fully saturated rings. The molecule has 0 heterocycles. The van der Waals surface area contributed by atoms with E-state index in [1.54, 1.807) is 13.8 Å². The number of hydrogen-bond donors (Lipinski definition) is 6. The third-order valence-electron chi connectivity index (χ3n) is 2.88. The number of rotatable bonds is 8. The van der Waals surface area contributed by atoms with Crippen LogP contribution in [0.15, 0.2) is 0 Å². The number of hydrogen-bond acceptors (Lipinski definition) is 6. The molecule has 0 aromatic carbocycles. The van der Waals surface area contributed by atoms with Crippen LogP contribution in [-0.4, -0.2) is 58.0 Å². The molecule has 8 nitrogen and oxygen atoms in total. The maximum absolute atomic E-state index is 12.0. The van der Waals surface area contributed by atoms with E-state index in [2.05, 4.69) is 23.3 Å². The number of aliphatic hydroxyl groups excluding tert-OH is 1. The van der Waals surface area contributed by atoms with E-state index >= 15 is 0 Å². The first-order valence-electron chi connectivity index (χ1n) is 6.49. The van der Waals surface area contributed by atoms with E-state index in [0.717, 1.165) is 0 Å². The summed E-state index contributed by atoms with van der Waals surface area (Å²) in [6, 6.07) is -3.33. The lowest BCUT2D eigenvalue weighted by Gasteiger charge is -2.25. The third kappa shape index (κ3) is 6.32. The average Bonchev–Trinajstić information content (AvgIpc) is 2.39. The lowest BCUT2D eigenvalue weighted by Crippen LogP contribution is -2.59. The summed E-state index contributed by atoms with van der Waals surface area (Å²) in [6.07, 6.45) is -1.21. The molecule has 0 spiro atoms. The first-order chi connectivity index (χ1) is 9.61. The van der Waals surface area contributed by atoms with E-state index in [-0.39, 0.29) is 11.7 Å². The number of aliphatic carboxylic acids is 1. The maximum Gasteiger partial charge on any atom is 0.327 e. The highest BCUT2D eigenvalue weighted by Gasteiger charge is 2.30. The molecule has 0 rings (SSSR count). The molecule has 4 atom stereocenters. The van der Waals surface area contributed by atoms with Gasteiger partial charge in [-0.05, 0) is 12.8 Å². The van der Waals surface area contributed by atoms with Gasteiger partial charge in [-0.2, -0.15) is 12.6 Å². The van der Waals surface area contributed by atoms with E-state index < -0.39 is 42.0 Å². The minimum Gasteiger partial charge on any atom is -0.480 e. The molecule has 4 unspecified atom stereocenters. The number of nitrogens with two attached hydrogens (primary N) is 1. The summed E-state index contributed by atoms with van der Waals surface area (Å²) < 4.78 is 0. The van der Waals surface area contributed by atoms with Gasteiger partial charge in [0.1, 0.15) is 12.1 Å². The zero-order valence-electron chi connectivity index (χ0n) is 12.2. The number of carbonyl (C=O) groups excluding carboxylic acids is 2.